The lowest BCUT2D eigenvalue weighted by Gasteiger charge is -2.27. The quantitative estimate of drug-likeness (QED) is 0.770. The highest BCUT2D eigenvalue weighted by Crippen LogP contribution is 2.33. The molecule has 1 aliphatic heterocycles. The van der Waals surface area contributed by atoms with E-state index in [0.717, 1.165) is 25.6 Å². The fraction of sp³-hybridized carbons (Fsp3) is 1.00. The van der Waals surface area contributed by atoms with Crippen molar-refractivity contribution in [1.82, 2.24) is 10.2 Å². The molecule has 0 bridgehead atoms. The highest BCUT2D eigenvalue weighted by Gasteiger charge is 2.32. The molecule has 2 unspecified atom stereocenters. The van der Waals surface area contributed by atoms with Crippen LogP contribution in [0.15, 0.2) is 0 Å². The second-order valence-electron chi connectivity index (χ2n) is 6.83. The third kappa shape index (κ3) is 5.36. The molecule has 0 aromatic heterocycles. The van der Waals surface area contributed by atoms with E-state index in [0.29, 0.717) is 18.0 Å². The number of hydrogen-bond acceptors (Lipinski definition) is 3. The standard InChI is InChI=1S/C14H30N2O/c1-11(2)15-8-13(17)10-16-7-6-12(9-16)14(3,4)5/h11-13,15,17H,6-10H2,1-5H3. The van der Waals surface area contributed by atoms with Crippen LogP contribution in [0.3, 0.4) is 0 Å². The zero-order valence-electron chi connectivity index (χ0n) is 12.2. The van der Waals surface area contributed by atoms with E-state index in [1.807, 2.05) is 0 Å². The number of nitrogens with zero attached hydrogens (tertiary/aromatic N) is 1. The van der Waals surface area contributed by atoms with Gasteiger partial charge in [0.2, 0.25) is 0 Å². The Morgan fingerprint density at radius 1 is 1.35 bits per heavy atom. The van der Waals surface area contributed by atoms with Gasteiger partial charge in [-0.05, 0) is 24.3 Å². The first kappa shape index (κ1) is 14.9. The number of hydrogen-bond donors (Lipinski definition) is 2. The fourth-order valence-electron chi connectivity index (χ4n) is 2.44. The summed E-state index contributed by atoms with van der Waals surface area (Å²) in [5.74, 6) is 0.771. The maximum Gasteiger partial charge on any atom is 0.0791 e. The predicted octanol–water partition coefficient (Wildman–Crippen LogP) is 1.71. The first-order chi connectivity index (χ1) is 7.79. The van der Waals surface area contributed by atoms with E-state index in [1.165, 1.54) is 6.42 Å². The summed E-state index contributed by atoms with van der Waals surface area (Å²) in [7, 11) is 0. The van der Waals surface area contributed by atoms with E-state index in [1.54, 1.807) is 0 Å². The van der Waals surface area contributed by atoms with Crippen molar-refractivity contribution < 1.29 is 5.11 Å². The van der Waals surface area contributed by atoms with E-state index in [9.17, 15) is 5.11 Å². The van der Waals surface area contributed by atoms with E-state index in [-0.39, 0.29) is 6.10 Å². The third-order valence-corrected chi connectivity index (χ3v) is 3.73. The first-order valence-electron chi connectivity index (χ1n) is 6.93. The highest BCUT2D eigenvalue weighted by molar-refractivity contribution is 4.84. The summed E-state index contributed by atoms with van der Waals surface area (Å²) in [5, 5.41) is 13.2. The van der Waals surface area contributed by atoms with Crippen LogP contribution >= 0.6 is 0 Å². The molecular weight excluding hydrogens is 212 g/mol. The van der Waals surface area contributed by atoms with E-state index in [4.69, 9.17) is 0 Å². The average Bonchev–Trinajstić information content (AvgIpc) is 2.62. The molecule has 1 heterocycles. The SMILES string of the molecule is CC(C)NCC(O)CN1CCC(C(C)(C)C)C1. The Balaban J connectivity index is 2.25. The summed E-state index contributed by atoms with van der Waals surface area (Å²) in [4.78, 5) is 2.41. The molecule has 3 nitrogen and oxygen atoms in total. The molecule has 17 heavy (non-hydrogen) atoms. The normalized spacial score (nSPS) is 24.5. The van der Waals surface area contributed by atoms with Gasteiger partial charge in [-0.1, -0.05) is 34.6 Å². The Hall–Kier alpha value is -0.120. The minimum atomic E-state index is -0.240. The molecule has 1 rings (SSSR count). The van der Waals surface area contributed by atoms with Gasteiger partial charge in [0.1, 0.15) is 0 Å². The van der Waals surface area contributed by atoms with Crippen molar-refractivity contribution in [3.8, 4) is 0 Å². The Morgan fingerprint density at radius 2 is 2.00 bits per heavy atom. The Morgan fingerprint density at radius 3 is 2.47 bits per heavy atom. The summed E-state index contributed by atoms with van der Waals surface area (Å²) >= 11 is 0. The summed E-state index contributed by atoms with van der Waals surface area (Å²) in [5.41, 5.74) is 0.399. The van der Waals surface area contributed by atoms with Crippen LogP contribution in [-0.4, -0.2) is 48.3 Å². The van der Waals surface area contributed by atoms with E-state index in [2.05, 4.69) is 44.8 Å². The number of aliphatic hydroxyl groups is 1. The maximum absolute atomic E-state index is 9.94. The van der Waals surface area contributed by atoms with Crippen molar-refractivity contribution in [1.29, 1.82) is 0 Å². The molecular formula is C14H30N2O. The number of β-amino-alcohol motifs (C(OH)–C–C–N with tert-alkyl or cyclic N) is 1. The molecule has 2 N–H and O–H groups in total. The van der Waals surface area contributed by atoms with Crippen molar-refractivity contribution in [3.63, 3.8) is 0 Å². The minimum Gasteiger partial charge on any atom is -0.390 e. The zero-order chi connectivity index (χ0) is 13.1. The molecule has 0 aromatic rings. The number of rotatable bonds is 5. The molecule has 0 radical (unpaired) electrons. The molecule has 0 saturated carbocycles. The van der Waals surface area contributed by atoms with Crippen LogP contribution < -0.4 is 5.32 Å². The van der Waals surface area contributed by atoms with Gasteiger partial charge >= 0.3 is 0 Å². The van der Waals surface area contributed by atoms with Gasteiger partial charge in [0, 0.05) is 25.7 Å². The van der Waals surface area contributed by atoms with Gasteiger partial charge in [-0.25, -0.2) is 0 Å². The zero-order valence-corrected chi connectivity index (χ0v) is 12.2. The van der Waals surface area contributed by atoms with Crippen LogP contribution in [0.5, 0.6) is 0 Å². The van der Waals surface area contributed by atoms with Crippen molar-refractivity contribution in [3.05, 3.63) is 0 Å². The predicted molar refractivity (Wildman–Crippen MR) is 73.1 cm³/mol. The Bertz CT molecular complexity index is 223. The van der Waals surface area contributed by atoms with Crippen LogP contribution in [-0.2, 0) is 0 Å². The molecule has 0 spiro atoms. The summed E-state index contributed by atoms with van der Waals surface area (Å²) in [6.45, 7) is 15.0. The van der Waals surface area contributed by atoms with Crippen LogP contribution in [0, 0.1) is 11.3 Å². The molecule has 102 valence electrons. The molecule has 2 atom stereocenters. The second kappa shape index (κ2) is 6.17. The van der Waals surface area contributed by atoms with Gasteiger partial charge in [-0.3, -0.25) is 0 Å². The average molecular weight is 242 g/mol. The number of likely N-dealkylation sites (tertiary alicyclic amines) is 1. The third-order valence-electron chi connectivity index (χ3n) is 3.73. The molecule has 1 aliphatic rings. The topological polar surface area (TPSA) is 35.5 Å². The van der Waals surface area contributed by atoms with Gasteiger partial charge in [0.25, 0.3) is 0 Å². The Kier molecular flexibility index (Phi) is 5.42. The first-order valence-corrected chi connectivity index (χ1v) is 6.93. The molecule has 1 saturated heterocycles. The van der Waals surface area contributed by atoms with Crippen molar-refractivity contribution in [2.45, 2.75) is 53.2 Å². The van der Waals surface area contributed by atoms with Gasteiger partial charge < -0.3 is 15.3 Å². The molecule has 0 aromatic carbocycles. The number of nitrogens with one attached hydrogen (secondary N) is 1. The summed E-state index contributed by atoms with van der Waals surface area (Å²) in [6.07, 6.45) is 1.03. The second-order valence-corrected chi connectivity index (χ2v) is 6.83. The molecule has 0 aliphatic carbocycles. The molecule has 0 amide bonds. The summed E-state index contributed by atoms with van der Waals surface area (Å²) in [6, 6.07) is 0.450. The van der Waals surface area contributed by atoms with Crippen LogP contribution in [0.2, 0.25) is 0 Å². The smallest absolute Gasteiger partial charge is 0.0791 e. The van der Waals surface area contributed by atoms with Gasteiger partial charge in [0.15, 0.2) is 0 Å². The van der Waals surface area contributed by atoms with Crippen molar-refractivity contribution in [2.75, 3.05) is 26.2 Å². The summed E-state index contributed by atoms with van der Waals surface area (Å²) < 4.78 is 0. The minimum absolute atomic E-state index is 0.240. The van der Waals surface area contributed by atoms with Gasteiger partial charge in [-0.15, -0.1) is 0 Å². The highest BCUT2D eigenvalue weighted by atomic mass is 16.3. The van der Waals surface area contributed by atoms with Crippen LogP contribution in [0.4, 0.5) is 0 Å². The van der Waals surface area contributed by atoms with E-state index < -0.39 is 0 Å². The van der Waals surface area contributed by atoms with Crippen molar-refractivity contribution >= 4 is 0 Å². The van der Waals surface area contributed by atoms with Crippen LogP contribution in [0.25, 0.3) is 0 Å². The lowest BCUT2D eigenvalue weighted by molar-refractivity contribution is 0.115. The fourth-order valence-corrected chi connectivity index (χ4v) is 2.44. The Labute approximate surface area is 107 Å². The number of aliphatic hydroxyl groups excluding tert-OH is 1. The van der Waals surface area contributed by atoms with Crippen molar-refractivity contribution in [2.24, 2.45) is 11.3 Å². The van der Waals surface area contributed by atoms with Gasteiger partial charge in [0.05, 0.1) is 6.10 Å². The van der Waals surface area contributed by atoms with Gasteiger partial charge in [-0.2, -0.15) is 0 Å². The van der Waals surface area contributed by atoms with Crippen LogP contribution in [0.1, 0.15) is 41.0 Å². The largest absolute Gasteiger partial charge is 0.390 e. The molecule has 3 heteroatoms. The monoisotopic (exact) mass is 242 g/mol. The molecule has 1 fully saturated rings. The van der Waals surface area contributed by atoms with E-state index >= 15 is 0 Å². The lowest BCUT2D eigenvalue weighted by Crippen LogP contribution is -2.39. The lowest BCUT2D eigenvalue weighted by atomic mass is 9.80. The maximum atomic E-state index is 9.94.